The molecule has 1 spiro atoms. The summed E-state index contributed by atoms with van der Waals surface area (Å²) in [7, 11) is 0. The van der Waals surface area contributed by atoms with E-state index in [2.05, 4.69) is 17.6 Å². The maximum Gasteiger partial charge on any atom is 0.325 e. The summed E-state index contributed by atoms with van der Waals surface area (Å²) in [5.41, 5.74) is -0.311. The third kappa shape index (κ3) is 4.15. The highest BCUT2D eigenvalue weighted by Crippen LogP contribution is 2.36. The van der Waals surface area contributed by atoms with Crippen molar-refractivity contribution in [2.75, 3.05) is 11.9 Å². The summed E-state index contributed by atoms with van der Waals surface area (Å²) in [6.07, 6.45) is 3.02. The van der Waals surface area contributed by atoms with Crippen molar-refractivity contribution in [3.63, 3.8) is 0 Å². The summed E-state index contributed by atoms with van der Waals surface area (Å²) in [6, 6.07) is 15.8. The van der Waals surface area contributed by atoms with Crippen LogP contribution in [0.25, 0.3) is 0 Å². The molecule has 30 heavy (non-hydrogen) atoms. The van der Waals surface area contributed by atoms with Crippen molar-refractivity contribution >= 4 is 23.5 Å². The Morgan fingerprint density at radius 2 is 1.80 bits per heavy atom. The fourth-order valence-corrected chi connectivity index (χ4v) is 4.02. The van der Waals surface area contributed by atoms with Crippen LogP contribution in [0.1, 0.15) is 32.6 Å². The Bertz CT molecular complexity index is 952. The van der Waals surface area contributed by atoms with E-state index >= 15 is 0 Å². The number of amides is 4. The van der Waals surface area contributed by atoms with Gasteiger partial charge in [-0.05, 0) is 55.9 Å². The van der Waals surface area contributed by atoms with E-state index < -0.39 is 17.5 Å². The van der Waals surface area contributed by atoms with E-state index in [4.69, 9.17) is 4.74 Å². The zero-order chi connectivity index (χ0) is 21.1. The van der Waals surface area contributed by atoms with Gasteiger partial charge in [0.05, 0.1) is 0 Å². The first-order valence-corrected chi connectivity index (χ1v) is 10.2. The zero-order valence-corrected chi connectivity index (χ0v) is 16.9. The van der Waals surface area contributed by atoms with Crippen LogP contribution in [0.4, 0.5) is 10.5 Å². The number of carbonyl (C=O) groups is 3. The molecule has 0 aromatic heterocycles. The van der Waals surface area contributed by atoms with Crippen molar-refractivity contribution < 1.29 is 19.1 Å². The maximum atomic E-state index is 12.9. The molecule has 7 nitrogen and oxygen atoms in total. The second kappa shape index (κ2) is 8.18. The van der Waals surface area contributed by atoms with Crippen molar-refractivity contribution in [1.82, 2.24) is 10.2 Å². The minimum absolute atomic E-state index is 0.296. The lowest BCUT2D eigenvalue weighted by Crippen LogP contribution is -2.49. The van der Waals surface area contributed by atoms with Crippen molar-refractivity contribution in [3.8, 4) is 11.5 Å². The van der Waals surface area contributed by atoms with E-state index in [0.717, 1.165) is 17.7 Å². The molecule has 156 valence electrons. The number of imide groups is 1. The quantitative estimate of drug-likeness (QED) is 0.736. The molecule has 2 aliphatic rings. The molecule has 2 aromatic rings. The first-order valence-electron chi connectivity index (χ1n) is 10.2. The lowest BCUT2D eigenvalue weighted by atomic mass is 9.77. The van der Waals surface area contributed by atoms with E-state index in [1.54, 1.807) is 24.3 Å². The maximum absolute atomic E-state index is 12.9. The molecular weight excluding hydrogens is 382 g/mol. The Kier molecular flexibility index (Phi) is 5.44. The van der Waals surface area contributed by atoms with E-state index in [-0.39, 0.29) is 12.5 Å². The molecular formula is C23H25N3O4. The molecule has 4 rings (SSSR count). The lowest BCUT2D eigenvalue weighted by Gasteiger charge is -2.33. The summed E-state index contributed by atoms with van der Waals surface area (Å²) < 4.78 is 5.77. The van der Waals surface area contributed by atoms with Crippen LogP contribution in [0.5, 0.6) is 11.5 Å². The number of benzene rings is 2. The molecule has 1 aliphatic heterocycles. The highest BCUT2D eigenvalue weighted by Gasteiger charge is 2.52. The van der Waals surface area contributed by atoms with Crippen LogP contribution in [0, 0.1) is 5.92 Å². The monoisotopic (exact) mass is 407 g/mol. The molecule has 2 fully saturated rings. The summed E-state index contributed by atoms with van der Waals surface area (Å²) in [5.74, 6) is 1.08. The van der Waals surface area contributed by atoms with Crippen LogP contribution < -0.4 is 15.4 Å². The fourth-order valence-electron chi connectivity index (χ4n) is 4.02. The molecule has 2 aromatic carbocycles. The zero-order valence-electron chi connectivity index (χ0n) is 16.9. The van der Waals surface area contributed by atoms with Gasteiger partial charge in [0.25, 0.3) is 5.91 Å². The third-order valence-electron chi connectivity index (χ3n) is 5.77. The lowest BCUT2D eigenvalue weighted by molar-refractivity contribution is -0.135. The van der Waals surface area contributed by atoms with Gasteiger partial charge >= 0.3 is 6.03 Å². The van der Waals surface area contributed by atoms with Gasteiger partial charge in [0.2, 0.25) is 5.91 Å². The number of urea groups is 1. The minimum Gasteiger partial charge on any atom is -0.457 e. The first-order chi connectivity index (χ1) is 14.4. The van der Waals surface area contributed by atoms with Crippen molar-refractivity contribution in [1.29, 1.82) is 0 Å². The van der Waals surface area contributed by atoms with Crippen LogP contribution >= 0.6 is 0 Å². The number of nitrogens with one attached hydrogen (secondary N) is 2. The predicted octanol–water partition coefficient (Wildman–Crippen LogP) is 3.92. The summed E-state index contributed by atoms with van der Waals surface area (Å²) in [4.78, 5) is 38.8. The summed E-state index contributed by atoms with van der Waals surface area (Å²) >= 11 is 0. The Hall–Kier alpha value is -3.35. The molecule has 0 bridgehead atoms. The van der Waals surface area contributed by atoms with Crippen LogP contribution in [0.15, 0.2) is 54.6 Å². The first kappa shape index (κ1) is 19.9. The molecule has 7 heteroatoms. The normalized spacial score (nSPS) is 23.4. The molecule has 1 saturated carbocycles. The van der Waals surface area contributed by atoms with Gasteiger partial charge < -0.3 is 15.4 Å². The Morgan fingerprint density at radius 1 is 1.10 bits per heavy atom. The summed E-state index contributed by atoms with van der Waals surface area (Å²) in [6.45, 7) is 1.83. The van der Waals surface area contributed by atoms with Crippen LogP contribution in [0.2, 0.25) is 0 Å². The predicted molar refractivity (Wildman–Crippen MR) is 112 cm³/mol. The highest BCUT2D eigenvalue weighted by molar-refractivity contribution is 6.10. The number of hydrogen-bond donors (Lipinski definition) is 2. The molecule has 0 radical (unpaired) electrons. The number of para-hydroxylation sites is 1. The van der Waals surface area contributed by atoms with Gasteiger partial charge in [-0.1, -0.05) is 31.2 Å². The number of rotatable bonds is 5. The van der Waals surface area contributed by atoms with Gasteiger partial charge in [0.15, 0.2) is 0 Å². The van der Waals surface area contributed by atoms with Gasteiger partial charge in [0.1, 0.15) is 23.6 Å². The van der Waals surface area contributed by atoms with E-state index in [1.165, 1.54) is 0 Å². The number of hydrogen-bond acceptors (Lipinski definition) is 4. The molecule has 0 unspecified atom stereocenters. The molecule has 1 aliphatic carbocycles. The SMILES string of the molecule is CC1CCC2(CC1)NC(=O)N(CC(=O)Nc1cccc(Oc3ccccc3)c1)C2=O. The largest absolute Gasteiger partial charge is 0.457 e. The van der Waals surface area contributed by atoms with Crippen LogP contribution in [-0.4, -0.2) is 34.8 Å². The second-order valence-electron chi connectivity index (χ2n) is 8.08. The average molecular weight is 407 g/mol. The molecule has 1 heterocycles. The topological polar surface area (TPSA) is 87.7 Å². The van der Waals surface area contributed by atoms with Gasteiger partial charge in [-0.2, -0.15) is 0 Å². The average Bonchev–Trinajstić information content (AvgIpc) is 2.95. The van der Waals surface area contributed by atoms with Crippen molar-refractivity contribution in [2.24, 2.45) is 5.92 Å². The Balaban J connectivity index is 1.38. The highest BCUT2D eigenvalue weighted by atomic mass is 16.5. The van der Waals surface area contributed by atoms with Gasteiger partial charge in [-0.3, -0.25) is 14.5 Å². The molecule has 4 amide bonds. The minimum atomic E-state index is -0.840. The van der Waals surface area contributed by atoms with Crippen LogP contribution in [0.3, 0.4) is 0 Å². The van der Waals surface area contributed by atoms with E-state index in [9.17, 15) is 14.4 Å². The number of nitrogens with zero attached hydrogens (tertiary/aromatic N) is 1. The number of ether oxygens (including phenoxy) is 1. The standard InChI is InChI=1S/C23H25N3O4/c1-16-10-12-23(13-11-16)21(28)26(22(29)25-23)15-20(27)24-17-6-5-9-19(14-17)30-18-7-3-2-4-8-18/h2-9,14,16H,10-13,15H2,1H3,(H,24,27)(H,25,29). The summed E-state index contributed by atoms with van der Waals surface area (Å²) in [5, 5.41) is 5.57. The second-order valence-corrected chi connectivity index (χ2v) is 8.08. The number of carbonyl (C=O) groups excluding carboxylic acids is 3. The van der Waals surface area contributed by atoms with Crippen molar-refractivity contribution in [2.45, 2.75) is 38.1 Å². The number of anilines is 1. The molecule has 0 atom stereocenters. The third-order valence-corrected chi connectivity index (χ3v) is 5.77. The smallest absolute Gasteiger partial charge is 0.325 e. The van der Waals surface area contributed by atoms with Gasteiger partial charge in [0, 0.05) is 11.8 Å². The van der Waals surface area contributed by atoms with E-state index in [0.29, 0.717) is 35.9 Å². The Labute approximate surface area is 175 Å². The van der Waals surface area contributed by atoms with E-state index in [1.807, 2.05) is 30.3 Å². The fraction of sp³-hybridized carbons (Fsp3) is 0.348. The van der Waals surface area contributed by atoms with Gasteiger partial charge in [-0.25, -0.2) is 4.79 Å². The Morgan fingerprint density at radius 3 is 2.53 bits per heavy atom. The molecule has 1 saturated heterocycles. The molecule has 2 N–H and O–H groups in total. The van der Waals surface area contributed by atoms with Crippen molar-refractivity contribution in [3.05, 3.63) is 54.6 Å². The van der Waals surface area contributed by atoms with Crippen LogP contribution in [-0.2, 0) is 9.59 Å². The van der Waals surface area contributed by atoms with Gasteiger partial charge in [-0.15, -0.1) is 0 Å².